The summed E-state index contributed by atoms with van der Waals surface area (Å²) in [7, 11) is 0. The minimum Gasteiger partial charge on any atom is -0.481 e. The summed E-state index contributed by atoms with van der Waals surface area (Å²) in [5, 5.41) is 35.4. The Kier molecular flexibility index (Phi) is 24.1. The first kappa shape index (κ1) is 57.5. The lowest BCUT2D eigenvalue weighted by atomic mass is 10.3. The zero-order chi connectivity index (χ0) is 53.7. The number of thiol groups is 1. The second-order valence-electron chi connectivity index (χ2n) is 16.4. The molecule has 6 heterocycles. The summed E-state index contributed by atoms with van der Waals surface area (Å²) >= 11 is 5.83. The molecule has 76 heavy (non-hydrogen) atoms. The van der Waals surface area contributed by atoms with E-state index in [-0.39, 0.29) is 30.8 Å². The van der Waals surface area contributed by atoms with Crippen molar-refractivity contribution in [2.75, 3.05) is 124 Å². The van der Waals surface area contributed by atoms with Gasteiger partial charge in [0.15, 0.2) is 5.16 Å². The molecule has 408 valence electrons. The molecule has 0 fully saturated rings. The molecule has 0 radical (unpaired) electrons. The molecule has 0 atom stereocenters. The van der Waals surface area contributed by atoms with Crippen LogP contribution in [0.5, 0.6) is 0 Å². The van der Waals surface area contributed by atoms with Crippen molar-refractivity contribution >= 4 is 89.8 Å². The number of nitrogens with two attached hydrogens (primary N) is 3. The number of nitrogen functional groups attached to an aromatic ring is 2. The first-order chi connectivity index (χ1) is 37.0. The Bertz CT molecular complexity index is 2710. The second kappa shape index (κ2) is 31.8. The van der Waals surface area contributed by atoms with Crippen LogP contribution in [0.4, 0.5) is 59.5 Å². The summed E-state index contributed by atoms with van der Waals surface area (Å²) in [4.78, 5) is 90.9. The summed E-state index contributed by atoms with van der Waals surface area (Å²) in [6.07, 6.45) is 7.60. The highest BCUT2D eigenvalue weighted by molar-refractivity contribution is 7.99. The van der Waals surface area contributed by atoms with Gasteiger partial charge in [0.05, 0.1) is 6.42 Å². The molecule has 0 aromatic carbocycles. The highest BCUT2D eigenvalue weighted by Crippen LogP contribution is 2.16. The van der Waals surface area contributed by atoms with E-state index < -0.39 is 5.97 Å². The van der Waals surface area contributed by atoms with Gasteiger partial charge in [-0.05, 0) is 44.8 Å². The number of nitrogens with zero attached hydrogens (tertiary/aromatic N) is 18. The zero-order valence-electron chi connectivity index (χ0n) is 42.6. The van der Waals surface area contributed by atoms with E-state index in [1.807, 2.05) is 6.92 Å². The Morgan fingerprint density at radius 3 is 1.36 bits per heavy atom. The van der Waals surface area contributed by atoms with Crippen LogP contribution in [-0.2, 0) is 36.9 Å². The van der Waals surface area contributed by atoms with Gasteiger partial charge in [0.1, 0.15) is 41.3 Å². The molecular formula is C43H67N29O2S2. The van der Waals surface area contributed by atoms with E-state index >= 15 is 0 Å². The van der Waals surface area contributed by atoms with Crippen LogP contribution < -0.4 is 59.7 Å². The number of hydrogen-bond donors (Lipinski definition) is 13. The number of carbonyl (C=O) groups is 1. The number of aryl methyl sites for hydroxylation is 6. The monoisotopic (exact) mass is 1090 g/mol. The van der Waals surface area contributed by atoms with Crippen LogP contribution in [0, 0.1) is 6.92 Å². The van der Waals surface area contributed by atoms with Crippen molar-refractivity contribution in [2.45, 2.75) is 89.6 Å². The predicted octanol–water partition coefficient (Wildman–Crippen LogP) is 1.20. The topological polar surface area (TPSA) is 444 Å². The van der Waals surface area contributed by atoms with E-state index in [9.17, 15) is 4.79 Å². The number of thioether (sulfide) groups is 1. The summed E-state index contributed by atoms with van der Waals surface area (Å²) in [6, 6.07) is 0. The van der Waals surface area contributed by atoms with Gasteiger partial charge in [0.2, 0.25) is 59.5 Å². The molecule has 0 aliphatic heterocycles. The van der Waals surface area contributed by atoms with E-state index in [0.717, 1.165) is 5.75 Å². The number of nitrogens with one attached hydrogen (secondary N) is 8. The van der Waals surface area contributed by atoms with Gasteiger partial charge in [-0.1, -0.05) is 18.7 Å². The van der Waals surface area contributed by atoms with Crippen molar-refractivity contribution in [2.24, 2.45) is 5.73 Å². The van der Waals surface area contributed by atoms with E-state index in [1.54, 1.807) is 6.92 Å². The third-order valence-corrected chi connectivity index (χ3v) is 11.1. The Morgan fingerprint density at radius 1 is 0.487 bits per heavy atom. The van der Waals surface area contributed by atoms with Crippen molar-refractivity contribution in [3.8, 4) is 0 Å². The summed E-state index contributed by atoms with van der Waals surface area (Å²) in [6.45, 7) is 8.21. The molecule has 6 aromatic rings. The molecule has 0 aliphatic rings. The summed E-state index contributed by atoms with van der Waals surface area (Å²) < 4.78 is 0. The molecule has 6 aromatic heterocycles. The largest absolute Gasteiger partial charge is 0.481 e. The molecule has 0 aliphatic carbocycles. The van der Waals surface area contributed by atoms with Crippen LogP contribution in [0.25, 0.3) is 0 Å². The van der Waals surface area contributed by atoms with Gasteiger partial charge >= 0.3 is 5.97 Å². The number of hydrogen-bond acceptors (Lipinski definition) is 32. The van der Waals surface area contributed by atoms with Crippen molar-refractivity contribution in [3.05, 3.63) is 41.3 Å². The maximum Gasteiger partial charge on any atom is 0.305 e. The fourth-order valence-electron chi connectivity index (χ4n) is 6.79. The van der Waals surface area contributed by atoms with Crippen LogP contribution in [-0.4, -0.2) is 171 Å². The molecule has 0 saturated carbocycles. The quantitative estimate of drug-likeness (QED) is 0.0148. The Labute approximate surface area is 448 Å². The number of rotatable bonds is 37. The van der Waals surface area contributed by atoms with Gasteiger partial charge < -0.3 is 64.8 Å². The summed E-state index contributed by atoms with van der Waals surface area (Å²) in [5.41, 5.74) is 17.4. The molecule has 33 heteroatoms. The number of aliphatic carboxylic acids is 1. The Balaban J connectivity index is 0.939. The normalized spacial score (nSPS) is 11.0. The average molecular weight is 1090 g/mol. The number of carboxylic acid groups (broad SMARTS) is 1. The van der Waals surface area contributed by atoms with Crippen molar-refractivity contribution in [1.29, 1.82) is 0 Å². The third-order valence-electron chi connectivity index (χ3n) is 10.1. The molecule has 15 N–H and O–H groups in total. The first-order valence-electron chi connectivity index (χ1n) is 25.0. The van der Waals surface area contributed by atoms with Crippen LogP contribution >= 0.6 is 24.4 Å². The van der Waals surface area contributed by atoms with Gasteiger partial charge in [-0.15, -0.1) is 0 Å². The lowest BCUT2D eigenvalue weighted by Gasteiger charge is -2.11. The third kappa shape index (κ3) is 21.6. The fourth-order valence-corrected chi connectivity index (χ4v) is 7.47. The maximum atomic E-state index is 11.1. The lowest BCUT2D eigenvalue weighted by molar-refractivity contribution is -0.136. The molecule has 0 bridgehead atoms. The van der Waals surface area contributed by atoms with Gasteiger partial charge in [0, 0.05) is 96.8 Å². The number of aromatic nitrogens is 18. The molecule has 0 amide bonds. The fraction of sp³-hybridized carbons (Fsp3) is 0.558. The molecule has 0 spiro atoms. The highest BCUT2D eigenvalue weighted by Gasteiger charge is 2.13. The number of carboxylic acids is 1. The van der Waals surface area contributed by atoms with Crippen molar-refractivity contribution < 1.29 is 9.90 Å². The van der Waals surface area contributed by atoms with E-state index in [1.165, 1.54) is 18.1 Å². The first-order valence-corrected chi connectivity index (χ1v) is 26.6. The standard InChI is InChI=1S/C43H67N29O2S2/c1-3-76-43-68-34(46)67-42(72-43)51-20-8-13-30-62-37(70-40(65-30)53-22-15-44)50-19-7-12-31-63-38(71-41(66-31)54-23-24-75)48-17-4-9-27-55-25-56-35(60-27)47-16-6-11-29-61-36(69-39(64-29)52-21-14-32(73)74)49-18-5-10-28-57-26(2)58-33(45)59-28/h25,75H,3-24,44H2,1-2H3,(H,73,74)(H2,45,57,58,59)(H,47,55,56,60)(H3,46,51,67,68,72)(H2,48,54,63,66,71)(H2,49,52,61,64,69)(H2,50,53,62,65,70). The second-order valence-corrected chi connectivity index (χ2v) is 18.1. The zero-order valence-corrected chi connectivity index (χ0v) is 44.3. The molecule has 0 saturated heterocycles. The van der Waals surface area contributed by atoms with Crippen LogP contribution in [0.15, 0.2) is 11.5 Å². The average Bonchev–Trinajstić information content (AvgIpc) is 3.39. The van der Waals surface area contributed by atoms with Gasteiger partial charge in [0.25, 0.3) is 0 Å². The van der Waals surface area contributed by atoms with E-state index in [0.29, 0.717) is 204 Å². The smallest absolute Gasteiger partial charge is 0.305 e. The minimum absolute atomic E-state index is 0.0882. The summed E-state index contributed by atoms with van der Waals surface area (Å²) in [5.74, 6) is 7.75. The van der Waals surface area contributed by atoms with Crippen LogP contribution in [0.3, 0.4) is 0 Å². The van der Waals surface area contributed by atoms with E-state index in [4.69, 9.17) is 27.3 Å². The molecule has 6 rings (SSSR count). The van der Waals surface area contributed by atoms with Gasteiger partial charge in [-0.3, -0.25) is 4.79 Å². The van der Waals surface area contributed by atoms with E-state index in [2.05, 4.69) is 140 Å². The molecule has 0 unspecified atom stereocenters. The lowest BCUT2D eigenvalue weighted by Crippen LogP contribution is -2.18. The highest BCUT2D eigenvalue weighted by atomic mass is 32.2. The Morgan fingerprint density at radius 2 is 0.895 bits per heavy atom. The van der Waals surface area contributed by atoms with Crippen molar-refractivity contribution in [1.82, 2.24) is 89.7 Å². The SMILES string of the molecule is CCSc1nc(N)nc(NCCCc2nc(NCCN)nc(NCCCc3nc(NCCS)nc(NCCCc4ncnc(NCCCc5nc(NCCCc6nc(C)nc(N)n6)nc(NCCC(=O)O)n5)n4)n3)n2)n1. The van der Waals surface area contributed by atoms with Crippen LogP contribution in [0.2, 0.25) is 0 Å². The molecule has 31 nitrogen and oxygen atoms in total. The maximum absolute atomic E-state index is 11.1. The molecular weight excluding hydrogens is 1020 g/mol. The minimum atomic E-state index is -0.930. The Hall–Kier alpha value is -7.81. The van der Waals surface area contributed by atoms with Gasteiger partial charge in [-0.2, -0.15) is 87.4 Å². The van der Waals surface area contributed by atoms with Crippen LogP contribution in [0.1, 0.15) is 80.4 Å². The predicted molar refractivity (Wildman–Crippen MR) is 294 cm³/mol. The van der Waals surface area contributed by atoms with Crippen molar-refractivity contribution in [3.63, 3.8) is 0 Å². The number of anilines is 10. The van der Waals surface area contributed by atoms with Gasteiger partial charge in [-0.25, -0.2) is 15.0 Å².